The van der Waals surface area contributed by atoms with Gasteiger partial charge in [-0.2, -0.15) is 0 Å². The van der Waals surface area contributed by atoms with Crippen LogP contribution >= 0.6 is 11.3 Å². The van der Waals surface area contributed by atoms with Crippen LogP contribution < -0.4 is 0 Å². The molecule has 0 fully saturated rings. The lowest BCUT2D eigenvalue weighted by Crippen LogP contribution is -1.92. The minimum atomic E-state index is -0.973. The van der Waals surface area contributed by atoms with Crippen LogP contribution in [0.4, 0.5) is 0 Å². The molecule has 0 amide bonds. The van der Waals surface area contributed by atoms with Crippen molar-refractivity contribution in [1.29, 1.82) is 0 Å². The maximum Gasteiger partial charge on any atom is 0.365 e. The van der Waals surface area contributed by atoms with Crippen LogP contribution in [0.25, 0.3) is 10.4 Å². The van der Waals surface area contributed by atoms with E-state index in [4.69, 9.17) is 5.11 Å². The minimum Gasteiger partial charge on any atom is -0.476 e. The van der Waals surface area contributed by atoms with Crippen LogP contribution in [0.15, 0.2) is 30.5 Å². The molecule has 1 N–H and O–H groups in total. The van der Waals surface area contributed by atoms with Crippen LogP contribution in [-0.2, 0) is 0 Å². The van der Waals surface area contributed by atoms with Crippen molar-refractivity contribution < 1.29 is 9.90 Å². The summed E-state index contributed by atoms with van der Waals surface area (Å²) in [5.74, 6) is -0.973. The standard InChI is InChI=1S/C11H9NO2S/c1-7-3-2-4-8(5-7)9-6-12-10(15-9)11(13)14/h2-6H,1H3,(H,13,14). The van der Waals surface area contributed by atoms with Gasteiger partial charge in [0, 0.05) is 6.20 Å². The Morgan fingerprint density at radius 1 is 1.47 bits per heavy atom. The third kappa shape index (κ3) is 2.05. The van der Waals surface area contributed by atoms with Crippen LogP contribution in [0, 0.1) is 6.92 Å². The molecule has 0 aliphatic rings. The molecule has 0 aliphatic carbocycles. The molecule has 0 saturated carbocycles. The average Bonchev–Trinajstić information content (AvgIpc) is 2.66. The Balaban J connectivity index is 2.41. The van der Waals surface area contributed by atoms with Crippen molar-refractivity contribution in [2.45, 2.75) is 6.92 Å². The number of aromatic carboxylic acids is 1. The summed E-state index contributed by atoms with van der Waals surface area (Å²) >= 11 is 1.19. The second-order valence-corrected chi connectivity index (χ2v) is 4.23. The van der Waals surface area contributed by atoms with E-state index in [2.05, 4.69) is 4.98 Å². The van der Waals surface area contributed by atoms with Gasteiger partial charge in [0.15, 0.2) is 0 Å². The predicted molar refractivity (Wildman–Crippen MR) is 59.2 cm³/mol. The smallest absolute Gasteiger partial charge is 0.365 e. The third-order valence-corrected chi connectivity index (χ3v) is 3.03. The van der Waals surface area contributed by atoms with Crippen molar-refractivity contribution in [3.63, 3.8) is 0 Å². The Morgan fingerprint density at radius 2 is 2.27 bits per heavy atom. The number of aryl methyl sites for hydroxylation is 1. The lowest BCUT2D eigenvalue weighted by atomic mass is 10.1. The van der Waals surface area contributed by atoms with Crippen molar-refractivity contribution in [3.05, 3.63) is 41.0 Å². The highest BCUT2D eigenvalue weighted by Gasteiger charge is 2.09. The first-order valence-electron chi connectivity index (χ1n) is 4.43. The van der Waals surface area contributed by atoms with E-state index in [-0.39, 0.29) is 5.01 Å². The van der Waals surface area contributed by atoms with E-state index in [1.807, 2.05) is 31.2 Å². The fourth-order valence-corrected chi connectivity index (χ4v) is 2.06. The van der Waals surface area contributed by atoms with Gasteiger partial charge in [-0.05, 0) is 12.5 Å². The van der Waals surface area contributed by atoms with Crippen LogP contribution in [0.3, 0.4) is 0 Å². The Labute approximate surface area is 91.0 Å². The molecule has 2 rings (SSSR count). The number of carbonyl (C=O) groups is 1. The topological polar surface area (TPSA) is 50.2 Å². The highest BCUT2D eigenvalue weighted by Crippen LogP contribution is 2.26. The molecule has 2 aromatic rings. The van der Waals surface area contributed by atoms with E-state index in [1.54, 1.807) is 6.20 Å². The van der Waals surface area contributed by atoms with E-state index in [0.29, 0.717) is 0 Å². The van der Waals surface area contributed by atoms with E-state index in [9.17, 15) is 4.79 Å². The molecule has 0 aliphatic heterocycles. The summed E-state index contributed by atoms with van der Waals surface area (Å²) in [6, 6.07) is 7.92. The van der Waals surface area contributed by atoms with Crippen molar-refractivity contribution in [2.75, 3.05) is 0 Å². The largest absolute Gasteiger partial charge is 0.476 e. The zero-order chi connectivity index (χ0) is 10.8. The monoisotopic (exact) mass is 219 g/mol. The van der Waals surface area contributed by atoms with Gasteiger partial charge in [0.25, 0.3) is 0 Å². The van der Waals surface area contributed by atoms with Crippen molar-refractivity contribution >= 4 is 17.3 Å². The second kappa shape index (κ2) is 3.82. The predicted octanol–water partition coefficient (Wildman–Crippen LogP) is 2.82. The second-order valence-electron chi connectivity index (χ2n) is 3.20. The number of benzene rings is 1. The zero-order valence-electron chi connectivity index (χ0n) is 8.10. The molecule has 76 valence electrons. The third-order valence-electron chi connectivity index (χ3n) is 1.99. The Bertz CT molecular complexity index is 505. The van der Waals surface area contributed by atoms with Gasteiger partial charge >= 0.3 is 5.97 Å². The Morgan fingerprint density at radius 3 is 2.87 bits per heavy atom. The molecule has 1 aromatic carbocycles. The first kappa shape index (κ1) is 9.86. The van der Waals surface area contributed by atoms with Gasteiger partial charge in [-0.1, -0.05) is 29.8 Å². The van der Waals surface area contributed by atoms with E-state index >= 15 is 0 Å². The van der Waals surface area contributed by atoms with Gasteiger partial charge in [0.05, 0.1) is 4.88 Å². The van der Waals surface area contributed by atoms with Gasteiger partial charge in [-0.15, -0.1) is 11.3 Å². The molecule has 0 spiro atoms. The van der Waals surface area contributed by atoms with Crippen molar-refractivity contribution in [3.8, 4) is 10.4 Å². The molecule has 0 unspecified atom stereocenters. The molecule has 1 aromatic heterocycles. The molecule has 0 saturated heterocycles. The molecule has 1 heterocycles. The summed E-state index contributed by atoms with van der Waals surface area (Å²) in [5, 5.41) is 8.88. The molecular weight excluding hydrogens is 210 g/mol. The highest BCUT2D eigenvalue weighted by molar-refractivity contribution is 7.16. The molecule has 0 bridgehead atoms. The van der Waals surface area contributed by atoms with Gasteiger partial charge in [0.2, 0.25) is 5.01 Å². The lowest BCUT2D eigenvalue weighted by Gasteiger charge is -1.97. The maximum atomic E-state index is 10.7. The van der Waals surface area contributed by atoms with Crippen LogP contribution in [0.1, 0.15) is 15.4 Å². The molecule has 0 radical (unpaired) electrons. The molecular formula is C11H9NO2S. The highest BCUT2D eigenvalue weighted by atomic mass is 32.1. The summed E-state index contributed by atoms with van der Waals surface area (Å²) in [6.45, 7) is 2.00. The quantitative estimate of drug-likeness (QED) is 0.844. The van der Waals surface area contributed by atoms with Crippen LogP contribution in [0.2, 0.25) is 0 Å². The number of hydrogen-bond acceptors (Lipinski definition) is 3. The summed E-state index contributed by atoms with van der Waals surface area (Å²) in [6.07, 6.45) is 1.60. The number of nitrogens with zero attached hydrogens (tertiary/aromatic N) is 1. The number of aromatic nitrogens is 1. The first-order chi connectivity index (χ1) is 7.16. The number of thiazole rings is 1. The number of rotatable bonds is 2. The number of carboxylic acids is 1. The molecule has 0 atom stereocenters. The summed E-state index contributed by atoms with van der Waals surface area (Å²) < 4.78 is 0. The summed E-state index contributed by atoms with van der Waals surface area (Å²) in [4.78, 5) is 15.4. The van der Waals surface area contributed by atoms with Gasteiger partial charge in [-0.3, -0.25) is 0 Å². The zero-order valence-corrected chi connectivity index (χ0v) is 8.91. The Kier molecular flexibility index (Phi) is 2.51. The fraction of sp³-hybridized carbons (Fsp3) is 0.0909. The van der Waals surface area contributed by atoms with Gasteiger partial charge in [-0.25, -0.2) is 9.78 Å². The van der Waals surface area contributed by atoms with Crippen molar-refractivity contribution in [2.24, 2.45) is 0 Å². The van der Waals surface area contributed by atoms with Crippen LogP contribution in [-0.4, -0.2) is 16.1 Å². The number of hydrogen-bond donors (Lipinski definition) is 1. The molecule has 3 nitrogen and oxygen atoms in total. The summed E-state index contributed by atoms with van der Waals surface area (Å²) in [7, 11) is 0. The maximum absolute atomic E-state index is 10.7. The molecule has 15 heavy (non-hydrogen) atoms. The van der Waals surface area contributed by atoms with Crippen molar-refractivity contribution in [1.82, 2.24) is 4.98 Å². The van der Waals surface area contributed by atoms with E-state index in [0.717, 1.165) is 16.0 Å². The average molecular weight is 219 g/mol. The molecule has 4 heteroatoms. The Hall–Kier alpha value is -1.68. The van der Waals surface area contributed by atoms with Gasteiger partial charge < -0.3 is 5.11 Å². The van der Waals surface area contributed by atoms with E-state index in [1.165, 1.54) is 11.3 Å². The van der Waals surface area contributed by atoms with E-state index < -0.39 is 5.97 Å². The summed E-state index contributed by atoms with van der Waals surface area (Å²) in [5.41, 5.74) is 2.16. The number of carboxylic acid groups (broad SMARTS) is 1. The normalized spacial score (nSPS) is 10.2. The van der Waals surface area contributed by atoms with Gasteiger partial charge in [0.1, 0.15) is 0 Å². The fourth-order valence-electron chi connectivity index (χ4n) is 1.30. The van der Waals surface area contributed by atoms with Crippen LogP contribution in [0.5, 0.6) is 0 Å². The SMILES string of the molecule is Cc1cccc(-c2cnc(C(=O)O)s2)c1. The minimum absolute atomic E-state index is 0.131. The first-order valence-corrected chi connectivity index (χ1v) is 5.24. The lowest BCUT2D eigenvalue weighted by molar-refractivity contribution is 0.0696.